The highest BCUT2D eigenvalue weighted by Crippen LogP contribution is 2.38. The van der Waals surface area contributed by atoms with Crippen LogP contribution in [-0.4, -0.2) is 13.0 Å². The molecule has 0 aliphatic rings. The number of rotatable bonds is 7. The maximum atomic E-state index is 12.6. The van der Waals surface area contributed by atoms with Gasteiger partial charge in [0.05, 0.1) is 22.3 Å². The number of hydrogen-bond donors (Lipinski definition) is 1. The van der Waals surface area contributed by atoms with Crippen LogP contribution in [0.1, 0.15) is 11.1 Å². The fourth-order valence-electron chi connectivity index (χ4n) is 2.77. The van der Waals surface area contributed by atoms with E-state index in [0.29, 0.717) is 38.9 Å². The van der Waals surface area contributed by atoms with Gasteiger partial charge < -0.3 is 14.8 Å². The van der Waals surface area contributed by atoms with Crippen molar-refractivity contribution in [2.24, 2.45) is 0 Å². The molecule has 0 aliphatic carbocycles. The summed E-state index contributed by atoms with van der Waals surface area (Å²) in [6.07, 6.45) is 1.47. The second-order valence-electron chi connectivity index (χ2n) is 6.55. The molecule has 0 saturated carbocycles. The van der Waals surface area contributed by atoms with Crippen LogP contribution in [0.25, 0.3) is 6.08 Å². The van der Waals surface area contributed by atoms with Crippen molar-refractivity contribution < 1.29 is 14.3 Å². The first-order valence-corrected chi connectivity index (χ1v) is 11.6. The monoisotopic (exact) mass is 622 g/mol. The Labute approximate surface area is 213 Å². The number of halogens is 3. The predicted octanol–water partition coefficient (Wildman–Crippen LogP) is 6.84. The van der Waals surface area contributed by atoms with Gasteiger partial charge in [-0.05, 0) is 92.1 Å². The molecule has 0 bridgehead atoms. The average molecular weight is 624 g/mol. The Morgan fingerprint density at radius 2 is 1.94 bits per heavy atom. The Balaban J connectivity index is 1.82. The van der Waals surface area contributed by atoms with Gasteiger partial charge in [-0.25, -0.2) is 0 Å². The molecule has 0 radical (unpaired) electrons. The smallest absolute Gasteiger partial charge is 0.266 e. The zero-order valence-corrected chi connectivity index (χ0v) is 21.4. The number of amides is 1. The van der Waals surface area contributed by atoms with Gasteiger partial charge in [0.1, 0.15) is 18.2 Å². The van der Waals surface area contributed by atoms with Gasteiger partial charge in [0.15, 0.2) is 11.5 Å². The van der Waals surface area contributed by atoms with Crippen LogP contribution in [-0.2, 0) is 11.4 Å². The first-order chi connectivity index (χ1) is 15.4. The summed E-state index contributed by atoms with van der Waals surface area (Å²) >= 11 is 11.8. The molecule has 3 aromatic carbocycles. The van der Waals surface area contributed by atoms with Gasteiger partial charge in [0.25, 0.3) is 5.91 Å². The largest absolute Gasteiger partial charge is 0.493 e. The lowest BCUT2D eigenvalue weighted by molar-refractivity contribution is -0.112. The number of ether oxygens (including phenoxy) is 2. The highest BCUT2D eigenvalue weighted by atomic mass is 127. The summed E-state index contributed by atoms with van der Waals surface area (Å²) in [6, 6.07) is 20.2. The predicted molar refractivity (Wildman–Crippen MR) is 138 cm³/mol. The van der Waals surface area contributed by atoms with Crippen LogP contribution in [0.5, 0.6) is 11.5 Å². The van der Waals surface area contributed by atoms with Crippen LogP contribution in [0.3, 0.4) is 0 Å². The zero-order valence-electron chi connectivity index (χ0n) is 16.9. The van der Waals surface area contributed by atoms with Crippen molar-refractivity contribution in [3.05, 3.63) is 90.4 Å². The Kier molecular flexibility index (Phi) is 8.56. The SMILES string of the molecule is COc1cc(/C=C(\C#N)C(=O)Nc2ccccc2Cl)cc(Br)c1OCc1ccc(I)cc1. The van der Waals surface area contributed by atoms with E-state index >= 15 is 0 Å². The number of benzene rings is 3. The van der Waals surface area contributed by atoms with E-state index in [1.807, 2.05) is 30.3 Å². The van der Waals surface area contributed by atoms with E-state index in [9.17, 15) is 10.1 Å². The molecule has 0 fully saturated rings. The van der Waals surface area contributed by atoms with Crippen molar-refractivity contribution in [3.8, 4) is 17.6 Å². The first-order valence-electron chi connectivity index (χ1n) is 9.33. The van der Waals surface area contributed by atoms with Crippen molar-refractivity contribution >= 4 is 67.8 Å². The number of methoxy groups -OCH3 is 1. The fraction of sp³-hybridized carbons (Fsp3) is 0.0833. The molecule has 0 aliphatic heterocycles. The Bertz CT molecular complexity index is 1210. The maximum Gasteiger partial charge on any atom is 0.266 e. The second-order valence-corrected chi connectivity index (χ2v) is 9.06. The van der Waals surface area contributed by atoms with Gasteiger partial charge >= 0.3 is 0 Å². The van der Waals surface area contributed by atoms with E-state index in [1.165, 1.54) is 13.2 Å². The molecule has 32 heavy (non-hydrogen) atoms. The molecular weight excluding hydrogens is 607 g/mol. The lowest BCUT2D eigenvalue weighted by Crippen LogP contribution is -2.13. The second kappa shape index (κ2) is 11.4. The summed E-state index contributed by atoms with van der Waals surface area (Å²) < 4.78 is 13.2. The number of para-hydroxylation sites is 1. The number of hydrogen-bond acceptors (Lipinski definition) is 4. The fourth-order valence-corrected chi connectivity index (χ4v) is 3.88. The Morgan fingerprint density at radius 1 is 1.22 bits per heavy atom. The standard InChI is InChI=1S/C24H17BrClIN2O3/c1-31-22-12-16(10-17(13-28)24(30)29-21-5-3-2-4-20(21)26)11-19(25)23(22)32-14-15-6-8-18(27)9-7-15/h2-12H,14H2,1H3,(H,29,30)/b17-10+. The highest BCUT2D eigenvalue weighted by Gasteiger charge is 2.15. The third kappa shape index (κ3) is 6.25. The maximum absolute atomic E-state index is 12.6. The summed E-state index contributed by atoms with van der Waals surface area (Å²) in [4.78, 5) is 12.6. The zero-order chi connectivity index (χ0) is 23.1. The highest BCUT2D eigenvalue weighted by molar-refractivity contribution is 14.1. The van der Waals surface area contributed by atoms with E-state index in [2.05, 4.69) is 43.8 Å². The van der Waals surface area contributed by atoms with Crippen LogP contribution in [0.2, 0.25) is 5.02 Å². The average Bonchev–Trinajstić information content (AvgIpc) is 2.79. The number of nitriles is 1. The van der Waals surface area contributed by atoms with Gasteiger partial charge in [-0.15, -0.1) is 0 Å². The van der Waals surface area contributed by atoms with E-state index in [-0.39, 0.29) is 5.57 Å². The quantitative estimate of drug-likeness (QED) is 0.178. The van der Waals surface area contributed by atoms with Crippen LogP contribution < -0.4 is 14.8 Å². The molecule has 1 amide bonds. The van der Waals surface area contributed by atoms with E-state index < -0.39 is 5.91 Å². The number of carbonyl (C=O) groups is 1. The molecule has 3 aromatic rings. The van der Waals surface area contributed by atoms with Crippen molar-refractivity contribution in [2.75, 3.05) is 12.4 Å². The summed E-state index contributed by atoms with van der Waals surface area (Å²) in [5.41, 5.74) is 1.97. The lowest BCUT2D eigenvalue weighted by Gasteiger charge is -2.14. The van der Waals surface area contributed by atoms with Gasteiger partial charge in [-0.3, -0.25) is 4.79 Å². The summed E-state index contributed by atoms with van der Waals surface area (Å²) in [6.45, 7) is 0.366. The minimum Gasteiger partial charge on any atom is -0.493 e. The van der Waals surface area contributed by atoms with E-state index in [1.54, 1.807) is 36.4 Å². The van der Waals surface area contributed by atoms with E-state index in [0.717, 1.165) is 9.13 Å². The molecule has 0 aromatic heterocycles. The minimum absolute atomic E-state index is 0.0774. The summed E-state index contributed by atoms with van der Waals surface area (Å²) in [5.74, 6) is 0.442. The molecule has 0 heterocycles. The number of nitrogens with one attached hydrogen (secondary N) is 1. The van der Waals surface area contributed by atoms with Crippen LogP contribution in [0.15, 0.2) is 70.7 Å². The lowest BCUT2D eigenvalue weighted by atomic mass is 10.1. The minimum atomic E-state index is -0.560. The Hall–Kier alpha value is -2.54. The van der Waals surface area contributed by atoms with Crippen LogP contribution in [0.4, 0.5) is 5.69 Å². The molecule has 0 spiro atoms. The summed E-state index contributed by atoms with van der Waals surface area (Å²) in [5, 5.41) is 12.5. The molecule has 162 valence electrons. The van der Waals surface area contributed by atoms with Crippen molar-refractivity contribution in [3.63, 3.8) is 0 Å². The molecule has 5 nitrogen and oxygen atoms in total. The van der Waals surface area contributed by atoms with Gasteiger partial charge in [-0.1, -0.05) is 35.9 Å². The molecule has 0 unspecified atom stereocenters. The van der Waals surface area contributed by atoms with Gasteiger partial charge in [0, 0.05) is 3.57 Å². The molecular formula is C24H17BrClIN2O3. The molecule has 3 rings (SSSR count). The van der Waals surface area contributed by atoms with Crippen molar-refractivity contribution in [2.45, 2.75) is 6.61 Å². The number of carbonyl (C=O) groups excluding carboxylic acids is 1. The molecule has 1 N–H and O–H groups in total. The first kappa shape index (κ1) is 24.1. The molecule has 8 heteroatoms. The normalized spacial score (nSPS) is 10.9. The topological polar surface area (TPSA) is 71.3 Å². The van der Waals surface area contributed by atoms with Crippen molar-refractivity contribution in [1.82, 2.24) is 0 Å². The van der Waals surface area contributed by atoms with Crippen molar-refractivity contribution in [1.29, 1.82) is 5.26 Å². The third-order valence-corrected chi connectivity index (χ3v) is 5.98. The van der Waals surface area contributed by atoms with Crippen LogP contribution >= 0.6 is 50.1 Å². The number of nitrogens with zero attached hydrogens (tertiary/aromatic N) is 1. The number of anilines is 1. The Morgan fingerprint density at radius 3 is 2.59 bits per heavy atom. The van der Waals surface area contributed by atoms with E-state index in [4.69, 9.17) is 21.1 Å². The molecule has 0 atom stereocenters. The van der Waals surface area contributed by atoms with Gasteiger partial charge in [-0.2, -0.15) is 5.26 Å². The van der Waals surface area contributed by atoms with Crippen LogP contribution in [0, 0.1) is 14.9 Å². The third-order valence-electron chi connectivity index (χ3n) is 4.35. The molecule has 0 saturated heterocycles. The summed E-state index contributed by atoms with van der Waals surface area (Å²) in [7, 11) is 1.53. The van der Waals surface area contributed by atoms with Gasteiger partial charge in [0.2, 0.25) is 0 Å².